The number of carbonyl (C=O) groups excluding carboxylic acids is 2. The number of carbonyl (C=O) groups is 5. The summed E-state index contributed by atoms with van der Waals surface area (Å²) in [5.74, 6) is -6.33. The predicted molar refractivity (Wildman–Crippen MR) is 126 cm³/mol. The topological polar surface area (TPSA) is 249 Å². The second-order valence-corrected chi connectivity index (χ2v) is 8.72. The van der Waals surface area contributed by atoms with Gasteiger partial charge in [-0.15, -0.1) is 0 Å². The summed E-state index contributed by atoms with van der Waals surface area (Å²) in [5, 5.41) is 31.8. The standard InChI is InChI=1S/C21H22N4O12S/c1-11(22-21(33)37-10-12-5-3-2-4-6-12)17(26)23-16(20(31)32)24-25(38(34,35)36)15-8-13(18(27)28)7-14(9-15)19(29)30/h2-9,11,16,24H,10H2,1H3,(H,22,33)(H,23,26)(H,27,28)(H,29,30)(H,31,32)(H,34,35,36)/t11-,16?/m0/s1. The molecule has 0 saturated carbocycles. The summed E-state index contributed by atoms with van der Waals surface area (Å²) >= 11 is 0. The quantitative estimate of drug-likeness (QED) is 0.104. The van der Waals surface area contributed by atoms with Crippen molar-refractivity contribution in [2.45, 2.75) is 25.7 Å². The first kappa shape index (κ1) is 29.5. The van der Waals surface area contributed by atoms with Gasteiger partial charge >= 0.3 is 34.3 Å². The van der Waals surface area contributed by atoms with Crippen molar-refractivity contribution >= 4 is 45.9 Å². The number of carboxylic acid groups (broad SMARTS) is 3. The molecule has 0 saturated heterocycles. The first-order chi connectivity index (χ1) is 17.7. The summed E-state index contributed by atoms with van der Waals surface area (Å²) in [4.78, 5) is 58.8. The minimum atomic E-state index is -5.41. The molecule has 16 nitrogen and oxygen atoms in total. The van der Waals surface area contributed by atoms with Crippen LogP contribution in [0.1, 0.15) is 33.2 Å². The van der Waals surface area contributed by atoms with E-state index in [1.807, 2.05) is 5.32 Å². The highest BCUT2D eigenvalue weighted by Gasteiger charge is 2.31. The van der Waals surface area contributed by atoms with Crippen LogP contribution in [0.2, 0.25) is 0 Å². The fourth-order valence-electron chi connectivity index (χ4n) is 2.79. The second-order valence-electron chi connectivity index (χ2n) is 7.46. The van der Waals surface area contributed by atoms with Crippen LogP contribution in [0.3, 0.4) is 0 Å². The van der Waals surface area contributed by atoms with Gasteiger partial charge in [0.25, 0.3) is 0 Å². The van der Waals surface area contributed by atoms with Crippen LogP contribution in [0.25, 0.3) is 0 Å². The van der Waals surface area contributed by atoms with Crippen molar-refractivity contribution in [3.05, 3.63) is 65.2 Å². The third-order valence-electron chi connectivity index (χ3n) is 4.60. The smallest absolute Gasteiger partial charge is 0.408 e. The summed E-state index contributed by atoms with van der Waals surface area (Å²) in [7, 11) is -5.41. The highest BCUT2D eigenvalue weighted by molar-refractivity contribution is 7.87. The largest absolute Gasteiger partial charge is 0.479 e. The lowest BCUT2D eigenvalue weighted by molar-refractivity contribution is -0.143. The summed E-state index contributed by atoms with van der Waals surface area (Å²) in [6.07, 6.45) is -3.31. The number of benzene rings is 2. The molecule has 38 heavy (non-hydrogen) atoms. The third kappa shape index (κ3) is 8.43. The molecule has 0 heterocycles. The highest BCUT2D eigenvalue weighted by atomic mass is 32.2. The van der Waals surface area contributed by atoms with Crippen LogP contribution in [0.4, 0.5) is 10.5 Å². The lowest BCUT2D eigenvalue weighted by Crippen LogP contribution is -2.61. The number of hydrogen-bond acceptors (Lipinski definition) is 9. The lowest BCUT2D eigenvalue weighted by Gasteiger charge is -2.27. The third-order valence-corrected chi connectivity index (χ3v) is 5.37. The van der Waals surface area contributed by atoms with Gasteiger partial charge in [0.15, 0.2) is 6.17 Å². The first-order valence-electron chi connectivity index (χ1n) is 10.3. The van der Waals surface area contributed by atoms with Crippen molar-refractivity contribution < 1.29 is 57.0 Å². The maximum Gasteiger partial charge on any atom is 0.408 e. The lowest BCUT2D eigenvalue weighted by atomic mass is 10.1. The summed E-state index contributed by atoms with van der Waals surface area (Å²) in [6, 6.07) is 9.08. The number of aromatic carboxylic acids is 2. The van der Waals surface area contributed by atoms with Gasteiger partial charge in [-0.1, -0.05) is 30.3 Å². The molecule has 0 aromatic heterocycles. The molecule has 0 radical (unpaired) electrons. The number of alkyl carbamates (subject to hydrolysis) is 1. The molecule has 2 aromatic carbocycles. The monoisotopic (exact) mass is 554 g/mol. The fourth-order valence-corrected chi connectivity index (χ4v) is 3.40. The number of carboxylic acids is 3. The van der Waals surface area contributed by atoms with Crippen molar-refractivity contribution in [3.63, 3.8) is 0 Å². The van der Waals surface area contributed by atoms with E-state index < -0.39 is 69.2 Å². The van der Waals surface area contributed by atoms with Crippen LogP contribution < -0.4 is 20.5 Å². The van der Waals surface area contributed by atoms with E-state index >= 15 is 0 Å². The minimum absolute atomic E-state index is 0.128. The van der Waals surface area contributed by atoms with E-state index in [2.05, 4.69) is 5.32 Å². The Morgan fingerprint density at radius 1 is 0.921 bits per heavy atom. The summed E-state index contributed by atoms with van der Waals surface area (Å²) in [6.45, 7) is 1.03. The van der Waals surface area contributed by atoms with Crippen molar-refractivity contribution in [2.75, 3.05) is 4.41 Å². The minimum Gasteiger partial charge on any atom is -0.479 e. The predicted octanol–water partition coefficient (Wildman–Crippen LogP) is 0.0386. The Bertz CT molecular complexity index is 1300. The van der Waals surface area contributed by atoms with E-state index in [4.69, 9.17) is 4.74 Å². The molecule has 0 fully saturated rings. The molecule has 0 aliphatic rings. The molecule has 2 rings (SSSR count). The van der Waals surface area contributed by atoms with Gasteiger partial charge in [-0.3, -0.25) is 9.35 Å². The zero-order chi connectivity index (χ0) is 28.6. The molecule has 0 aliphatic carbocycles. The number of ether oxygens (including phenoxy) is 1. The van der Waals surface area contributed by atoms with Gasteiger partial charge < -0.3 is 30.7 Å². The van der Waals surface area contributed by atoms with Gasteiger partial charge in [-0.05, 0) is 30.7 Å². The molecule has 0 bridgehead atoms. The Hall–Kier alpha value is -4.74. The second kappa shape index (κ2) is 12.5. The van der Waals surface area contributed by atoms with Crippen LogP contribution in [-0.4, -0.2) is 70.4 Å². The van der Waals surface area contributed by atoms with Gasteiger partial charge in [0.1, 0.15) is 12.6 Å². The number of hydrazine groups is 1. The Kier molecular flexibility index (Phi) is 9.68. The average molecular weight is 554 g/mol. The van der Waals surface area contributed by atoms with E-state index in [9.17, 15) is 52.3 Å². The van der Waals surface area contributed by atoms with E-state index in [0.29, 0.717) is 23.8 Å². The van der Waals surface area contributed by atoms with Crippen molar-refractivity contribution in [1.82, 2.24) is 16.1 Å². The van der Waals surface area contributed by atoms with Crippen molar-refractivity contribution in [1.29, 1.82) is 0 Å². The molecule has 2 atom stereocenters. The number of rotatable bonds is 12. The maximum atomic E-state index is 12.5. The van der Waals surface area contributed by atoms with Gasteiger partial charge in [0.2, 0.25) is 5.91 Å². The number of aliphatic carboxylic acids is 1. The first-order valence-corrected chi connectivity index (χ1v) is 11.7. The van der Waals surface area contributed by atoms with Crippen LogP contribution >= 0.6 is 0 Å². The Labute approximate surface area is 214 Å². The van der Waals surface area contributed by atoms with E-state index in [1.54, 1.807) is 35.8 Å². The van der Waals surface area contributed by atoms with Crippen LogP contribution in [0.15, 0.2) is 48.5 Å². The van der Waals surface area contributed by atoms with Gasteiger partial charge in [0.05, 0.1) is 16.8 Å². The van der Waals surface area contributed by atoms with Crippen molar-refractivity contribution in [2.24, 2.45) is 0 Å². The van der Waals surface area contributed by atoms with Crippen molar-refractivity contribution in [3.8, 4) is 0 Å². The number of nitrogens with one attached hydrogen (secondary N) is 3. The number of hydrogen-bond donors (Lipinski definition) is 7. The maximum absolute atomic E-state index is 12.5. The van der Waals surface area contributed by atoms with Crippen LogP contribution in [-0.2, 0) is 31.2 Å². The van der Waals surface area contributed by atoms with E-state index in [0.717, 1.165) is 6.92 Å². The molecule has 1 unspecified atom stereocenters. The molecule has 0 aliphatic heterocycles. The summed E-state index contributed by atoms with van der Waals surface area (Å²) in [5.41, 5.74) is 0.188. The van der Waals surface area contributed by atoms with Crippen LogP contribution in [0.5, 0.6) is 0 Å². The van der Waals surface area contributed by atoms with E-state index in [-0.39, 0.29) is 11.0 Å². The van der Waals surface area contributed by atoms with Crippen LogP contribution in [0, 0.1) is 0 Å². The average Bonchev–Trinajstić information content (AvgIpc) is 2.84. The fraction of sp³-hybridized carbons (Fsp3) is 0.190. The van der Waals surface area contributed by atoms with Gasteiger partial charge in [-0.25, -0.2) is 19.2 Å². The number of amides is 2. The van der Waals surface area contributed by atoms with Gasteiger partial charge in [-0.2, -0.15) is 18.3 Å². The highest BCUT2D eigenvalue weighted by Crippen LogP contribution is 2.21. The SMILES string of the molecule is C[C@H](NC(=O)OCc1ccccc1)C(=O)NC(NN(c1cc(C(=O)O)cc(C(=O)O)c1)S(=O)(=O)O)C(=O)O. The summed E-state index contributed by atoms with van der Waals surface area (Å²) < 4.78 is 38.2. The zero-order valence-electron chi connectivity index (χ0n) is 19.4. The number of nitrogens with zero attached hydrogens (tertiary/aromatic N) is 1. The zero-order valence-corrected chi connectivity index (χ0v) is 20.2. The normalized spacial score (nSPS) is 12.5. The Balaban J connectivity index is 2.19. The molecular formula is C21H22N4O12S. The molecule has 0 spiro atoms. The molecule has 2 amide bonds. The van der Waals surface area contributed by atoms with Gasteiger partial charge in [0, 0.05) is 0 Å². The molecule has 204 valence electrons. The molecule has 17 heteroatoms. The Morgan fingerprint density at radius 3 is 1.95 bits per heavy atom. The Morgan fingerprint density at radius 2 is 1.47 bits per heavy atom. The van der Waals surface area contributed by atoms with E-state index in [1.165, 1.54) is 0 Å². The number of anilines is 1. The molecular weight excluding hydrogens is 532 g/mol. The molecule has 7 N–H and O–H groups in total. The molecule has 2 aromatic rings.